The van der Waals surface area contributed by atoms with E-state index in [1.807, 2.05) is 12.1 Å². The molecule has 0 fully saturated rings. The highest BCUT2D eigenvalue weighted by Gasteiger charge is 2.30. The van der Waals surface area contributed by atoms with E-state index >= 15 is 0 Å². The largest absolute Gasteiger partial charge is 0.397 e. The Morgan fingerprint density at radius 2 is 1.71 bits per heavy atom. The molecular formula is C11H11BrF3NO. The SMILES string of the molecule is O=C(CC(F)(F)F)NCc1ccc(CBr)cc1. The highest BCUT2D eigenvalue weighted by Crippen LogP contribution is 2.19. The van der Waals surface area contributed by atoms with Crippen molar-refractivity contribution in [1.82, 2.24) is 5.32 Å². The van der Waals surface area contributed by atoms with E-state index in [1.165, 1.54) is 0 Å². The monoisotopic (exact) mass is 309 g/mol. The first-order chi connectivity index (χ1) is 7.90. The van der Waals surface area contributed by atoms with E-state index < -0.39 is 18.5 Å². The van der Waals surface area contributed by atoms with Crippen LogP contribution in [0.1, 0.15) is 17.5 Å². The van der Waals surface area contributed by atoms with Crippen LogP contribution in [0.15, 0.2) is 24.3 Å². The molecule has 0 saturated heterocycles. The van der Waals surface area contributed by atoms with Gasteiger partial charge in [-0.05, 0) is 11.1 Å². The minimum atomic E-state index is -4.45. The van der Waals surface area contributed by atoms with Gasteiger partial charge in [0, 0.05) is 11.9 Å². The Balaban J connectivity index is 2.42. The molecule has 1 amide bonds. The van der Waals surface area contributed by atoms with Crippen molar-refractivity contribution in [1.29, 1.82) is 0 Å². The molecule has 1 aromatic carbocycles. The van der Waals surface area contributed by atoms with Crippen LogP contribution >= 0.6 is 15.9 Å². The van der Waals surface area contributed by atoms with Gasteiger partial charge in [0.1, 0.15) is 6.42 Å². The number of hydrogen-bond donors (Lipinski definition) is 1. The first-order valence-electron chi connectivity index (χ1n) is 4.88. The molecule has 0 radical (unpaired) electrons. The average Bonchev–Trinajstić information content (AvgIpc) is 2.25. The maximum atomic E-state index is 11.9. The van der Waals surface area contributed by atoms with Crippen molar-refractivity contribution in [3.8, 4) is 0 Å². The molecule has 0 aliphatic rings. The quantitative estimate of drug-likeness (QED) is 0.851. The summed E-state index contributed by atoms with van der Waals surface area (Å²) in [7, 11) is 0. The van der Waals surface area contributed by atoms with E-state index in [0.717, 1.165) is 11.1 Å². The molecule has 0 bridgehead atoms. The zero-order valence-corrected chi connectivity index (χ0v) is 10.4. The standard InChI is InChI=1S/C11H11BrF3NO/c12-6-8-1-3-9(4-2-8)7-16-10(17)5-11(13,14)15/h1-4H,5-7H2,(H,16,17). The third-order valence-corrected chi connectivity index (χ3v) is 2.68. The maximum absolute atomic E-state index is 11.9. The number of amides is 1. The molecule has 1 N–H and O–H groups in total. The molecule has 94 valence electrons. The minimum absolute atomic E-state index is 0.109. The lowest BCUT2D eigenvalue weighted by molar-refractivity contribution is -0.153. The van der Waals surface area contributed by atoms with Gasteiger partial charge in [-0.15, -0.1) is 0 Å². The van der Waals surface area contributed by atoms with Gasteiger partial charge >= 0.3 is 6.18 Å². The zero-order chi connectivity index (χ0) is 12.9. The van der Waals surface area contributed by atoms with Crippen molar-refractivity contribution in [2.45, 2.75) is 24.5 Å². The molecule has 6 heteroatoms. The average molecular weight is 310 g/mol. The molecule has 0 aliphatic heterocycles. The van der Waals surface area contributed by atoms with Gasteiger partial charge in [0.25, 0.3) is 0 Å². The van der Waals surface area contributed by atoms with Crippen LogP contribution in [0.3, 0.4) is 0 Å². The van der Waals surface area contributed by atoms with Gasteiger partial charge in [-0.25, -0.2) is 0 Å². The molecule has 0 aromatic heterocycles. The van der Waals surface area contributed by atoms with Gasteiger partial charge in [0.05, 0.1) is 0 Å². The molecule has 0 saturated carbocycles. The van der Waals surface area contributed by atoms with Crippen molar-refractivity contribution in [3.63, 3.8) is 0 Å². The number of benzene rings is 1. The van der Waals surface area contributed by atoms with Crippen molar-refractivity contribution in [2.24, 2.45) is 0 Å². The predicted molar refractivity (Wildman–Crippen MR) is 61.6 cm³/mol. The minimum Gasteiger partial charge on any atom is -0.352 e. The fourth-order valence-corrected chi connectivity index (χ4v) is 1.57. The Morgan fingerprint density at radius 1 is 1.18 bits per heavy atom. The van der Waals surface area contributed by atoms with Crippen LogP contribution in [0.4, 0.5) is 13.2 Å². The number of carbonyl (C=O) groups is 1. The van der Waals surface area contributed by atoms with Gasteiger partial charge in [-0.3, -0.25) is 4.79 Å². The Bertz CT molecular complexity index is 375. The molecule has 1 aromatic rings. The van der Waals surface area contributed by atoms with Crippen LogP contribution in [0.25, 0.3) is 0 Å². The topological polar surface area (TPSA) is 29.1 Å². The van der Waals surface area contributed by atoms with Crippen LogP contribution in [0, 0.1) is 0 Å². The van der Waals surface area contributed by atoms with Gasteiger partial charge in [-0.1, -0.05) is 40.2 Å². The lowest BCUT2D eigenvalue weighted by atomic mass is 10.1. The number of hydrogen-bond acceptors (Lipinski definition) is 1. The Hall–Kier alpha value is -1.04. The van der Waals surface area contributed by atoms with Gasteiger partial charge < -0.3 is 5.32 Å². The fraction of sp³-hybridized carbons (Fsp3) is 0.364. The third-order valence-electron chi connectivity index (χ3n) is 2.03. The van der Waals surface area contributed by atoms with Crippen LogP contribution in [-0.4, -0.2) is 12.1 Å². The highest BCUT2D eigenvalue weighted by atomic mass is 79.9. The summed E-state index contributed by atoms with van der Waals surface area (Å²) >= 11 is 3.28. The summed E-state index contributed by atoms with van der Waals surface area (Å²) < 4.78 is 35.6. The predicted octanol–water partition coefficient (Wildman–Crippen LogP) is 3.15. The zero-order valence-electron chi connectivity index (χ0n) is 8.85. The summed E-state index contributed by atoms with van der Waals surface area (Å²) in [6.07, 6.45) is -5.89. The van der Waals surface area contributed by atoms with Crippen LogP contribution in [0.2, 0.25) is 0 Å². The first kappa shape index (κ1) is 14.0. The second kappa shape index (κ2) is 6.05. The molecular weight excluding hydrogens is 299 g/mol. The van der Waals surface area contributed by atoms with E-state index in [9.17, 15) is 18.0 Å². The number of nitrogens with one attached hydrogen (secondary N) is 1. The maximum Gasteiger partial charge on any atom is 0.397 e. The third kappa shape index (κ3) is 5.72. The molecule has 2 nitrogen and oxygen atoms in total. The second-order valence-electron chi connectivity index (χ2n) is 3.52. The Kier molecular flexibility index (Phi) is 4.99. The van der Waals surface area contributed by atoms with Gasteiger partial charge in [-0.2, -0.15) is 13.2 Å². The molecule has 0 aliphatic carbocycles. The van der Waals surface area contributed by atoms with E-state index in [0.29, 0.717) is 5.33 Å². The number of carbonyl (C=O) groups excluding carboxylic acids is 1. The second-order valence-corrected chi connectivity index (χ2v) is 4.08. The smallest absolute Gasteiger partial charge is 0.352 e. The lowest BCUT2D eigenvalue weighted by Gasteiger charge is -2.08. The van der Waals surface area contributed by atoms with Gasteiger partial charge in [0.2, 0.25) is 5.91 Å². The lowest BCUT2D eigenvalue weighted by Crippen LogP contribution is -2.28. The summed E-state index contributed by atoms with van der Waals surface area (Å²) in [6.45, 7) is 0.109. The van der Waals surface area contributed by atoms with E-state index in [1.54, 1.807) is 12.1 Å². The normalized spacial score (nSPS) is 11.3. The molecule has 0 unspecified atom stereocenters. The van der Waals surface area contributed by atoms with Crippen molar-refractivity contribution >= 4 is 21.8 Å². The first-order valence-corrected chi connectivity index (χ1v) is 6.00. The van der Waals surface area contributed by atoms with E-state index in [2.05, 4.69) is 21.2 Å². The molecule has 0 heterocycles. The number of halogens is 4. The number of rotatable bonds is 4. The van der Waals surface area contributed by atoms with Gasteiger partial charge in [0.15, 0.2) is 0 Å². The highest BCUT2D eigenvalue weighted by molar-refractivity contribution is 9.08. The summed E-state index contributed by atoms with van der Waals surface area (Å²) in [5, 5.41) is 2.94. The van der Waals surface area contributed by atoms with Crippen LogP contribution < -0.4 is 5.32 Å². The Morgan fingerprint density at radius 3 is 2.18 bits per heavy atom. The van der Waals surface area contributed by atoms with Crippen molar-refractivity contribution < 1.29 is 18.0 Å². The van der Waals surface area contributed by atoms with E-state index in [-0.39, 0.29) is 6.54 Å². The molecule has 1 rings (SSSR count). The molecule has 0 atom stereocenters. The summed E-state index contributed by atoms with van der Waals surface area (Å²) in [5.74, 6) is -1.01. The summed E-state index contributed by atoms with van der Waals surface area (Å²) in [6, 6.07) is 7.23. The van der Waals surface area contributed by atoms with Crippen LogP contribution in [-0.2, 0) is 16.7 Å². The molecule has 0 spiro atoms. The van der Waals surface area contributed by atoms with E-state index in [4.69, 9.17) is 0 Å². The molecule has 17 heavy (non-hydrogen) atoms. The van der Waals surface area contributed by atoms with Crippen LogP contribution in [0.5, 0.6) is 0 Å². The fourth-order valence-electron chi connectivity index (χ4n) is 1.19. The van der Waals surface area contributed by atoms with Crippen molar-refractivity contribution in [2.75, 3.05) is 0 Å². The Labute approximate surface area is 105 Å². The summed E-state index contributed by atoms with van der Waals surface area (Å²) in [5.41, 5.74) is 1.83. The number of alkyl halides is 4. The van der Waals surface area contributed by atoms with Crippen molar-refractivity contribution in [3.05, 3.63) is 35.4 Å². The summed E-state index contributed by atoms with van der Waals surface area (Å²) in [4.78, 5) is 10.9.